The van der Waals surface area contributed by atoms with Crippen molar-refractivity contribution in [3.8, 4) is 0 Å². The maximum Gasteiger partial charge on any atom is 0.165 e. The van der Waals surface area contributed by atoms with E-state index in [9.17, 15) is 4.39 Å². The Morgan fingerprint density at radius 1 is 1.29 bits per heavy atom. The molecule has 0 spiro atoms. The van der Waals surface area contributed by atoms with Gasteiger partial charge in [-0.3, -0.25) is 4.99 Å². The number of nitrogens with zero attached hydrogens (tertiary/aromatic N) is 5. The normalized spacial score (nSPS) is 20.1. The highest BCUT2D eigenvalue weighted by atomic mass is 35.5. The molecule has 200 valence electrons. The minimum Gasteiger partial charge on any atom is -0.368 e. The fourth-order valence-electron chi connectivity index (χ4n) is 5.05. The maximum atomic E-state index is 14.4. The average Bonchev–Trinajstić information content (AvgIpc) is 3.78. The zero-order valence-electron chi connectivity index (χ0n) is 21.8. The molecule has 2 aromatic heterocycles. The first kappa shape index (κ1) is 26.3. The van der Waals surface area contributed by atoms with Crippen LogP contribution in [0.4, 0.5) is 16.0 Å². The first-order chi connectivity index (χ1) is 18.5. The SMILES string of the molecule is C=N/C=C(\c1c(CCl)nc(C2=CC(Nc3ncc(C)cc3F)NC=C2)nc1N(C)C1CCNCC1)C1CC1. The van der Waals surface area contributed by atoms with Crippen LogP contribution in [0, 0.1) is 18.7 Å². The lowest BCUT2D eigenvalue weighted by atomic mass is 9.98. The number of rotatable bonds is 9. The van der Waals surface area contributed by atoms with Crippen LogP contribution in [-0.2, 0) is 5.88 Å². The van der Waals surface area contributed by atoms with Gasteiger partial charge in [-0.15, -0.1) is 11.6 Å². The number of aromatic nitrogens is 3. The number of pyridine rings is 1. The van der Waals surface area contributed by atoms with E-state index in [4.69, 9.17) is 21.6 Å². The highest BCUT2D eigenvalue weighted by Gasteiger charge is 2.33. The summed E-state index contributed by atoms with van der Waals surface area (Å²) in [6, 6.07) is 1.81. The van der Waals surface area contributed by atoms with Gasteiger partial charge in [-0.2, -0.15) is 0 Å². The number of dihydropyridines is 1. The fourth-order valence-corrected chi connectivity index (χ4v) is 5.24. The van der Waals surface area contributed by atoms with E-state index in [2.05, 4.69) is 44.6 Å². The molecular weight excluding hydrogens is 503 g/mol. The van der Waals surface area contributed by atoms with Gasteiger partial charge < -0.3 is 20.9 Å². The van der Waals surface area contributed by atoms with Crippen molar-refractivity contribution in [2.24, 2.45) is 10.9 Å². The topological polar surface area (TPSA) is 90.4 Å². The largest absolute Gasteiger partial charge is 0.368 e. The van der Waals surface area contributed by atoms with Gasteiger partial charge >= 0.3 is 0 Å². The van der Waals surface area contributed by atoms with Crippen molar-refractivity contribution in [3.63, 3.8) is 0 Å². The Kier molecular flexibility index (Phi) is 8.04. The van der Waals surface area contributed by atoms with Crippen molar-refractivity contribution < 1.29 is 4.39 Å². The zero-order valence-corrected chi connectivity index (χ0v) is 22.6. The molecule has 4 heterocycles. The fraction of sp³-hybridized carbons (Fsp3) is 0.429. The van der Waals surface area contributed by atoms with E-state index in [0.717, 1.165) is 72.6 Å². The van der Waals surface area contributed by atoms with Gasteiger partial charge in [-0.05, 0) is 93.9 Å². The second-order valence-electron chi connectivity index (χ2n) is 10.0. The van der Waals surface area contributed by atoms with Gasteiger partial charge in [0.25, 0.3) is 0 Å². The van der Waals surface area contributed by atoms with E-state index in [1.54, 1.807) is 6.20 Å². The summed E-state index contributed by atoms with van der Waals surface area (Å²) < 4.78 is 14.4. The molecular formula is C28H34ClFN8. The molecule has 1 saturated carbocycles. The Morgan fingerprint density at radius 3 is 2.76 bits per heavy atom. The standard InChI is InChI=1S/C28H34ClFN8/c1-17-12-22(30)27(34-15-17)36-24-13-19(6-11-33-24)26-35-23(14-29)25(21(16-31-2)18-4-5-18)28(37-26)38(3)20-7-9-32-10-8-20/h6,11-13,15-16,18,20,24,32-33H,2,4-5,7-10,14H2,1,3H3,(H,34,36)/b21-16-. The van der Waals surface area contributed by atoms with Crippen LogP contribution in [0.2, 0.25) is 0 Å². The Morgan fingerprint density at radius 2 is 2.08 bits per heavy atom. The molecule has 10 heteroatoms. The highest BCUT2D eigenvalue weighted by Crippen LogP contribution is 2.46. The van der Waals surface area contributed by atoms with Gasteiger partial charge in [0.1, 0.15) is 12.0 Å². The molecule has 0 aromatic carbocycles. The number of hydrogen-bond acceptors (Lipinski definition) is 8. The first-order valence-electron chi connectivity index (χ1n) is 13.1. The third kappa shape index (κ3) is 5.73. The number of nitrogens with one attached hydrogen (secondary N) is 3. The van der Waals surface area contributed by atoms with E-state index in [0.29, 0.717) is 17.8 Å². The molecule has 5 rings (SSSR count). The Balaban J connectivity index is 1.55. The predicted octanol–water partition coefficient (Wildman–Crippen LogP) is 4.64. The van der Waals surface area contributed by atoms with E-state index in [1.165, 1.54) is 6.07 Å². The molecule has 2 aromatic rings. The molecule has 1 unspecified atom stereocenters. The third-order valence-corrected chi connectivity index (χ3v) is 7.48. The van der Waals surface area contributed by atoms with Gasteiger partial charge in [0, 0.05) is 36.6 Å². The summed E-state index contributed by atoms with van der Waals surface area (Å²) in [5, 5.41) is 9.75. The third-order valence-electron chi connectivity index (χ3n) is 7.23. The summed E-state index contributed by atoms with van der Waals surface area (Å²) in [5.41, 5.74) is 4.43. The van der Waals surface area contributed by atoms with E-state index in [-0.39, 0.29) is 17.9 Å². The number of alkyl halides is 1. The molecule has 2 aliphatic heterocycles. The number of aliphatic imine (C=N–C) groups is 1. The smallest absolute Gasteiger partial charge is 0.165 e. The van der Waals surface area contributed by atoms with E-state index < -0.39 is 5.82 Å². The Labute approximate surface area is 228 Å². The highest BCUT2D eigenvalue weighted by molar-refractivity contribution is 6.17. The number of anilines is 2. The Bertz CT molecular complexity index is 1280. The van der Waals surface area contributed by atoms with Gasteiger partial charge in [0.2, 0.25) is 0 Å². The molecule has 3 aliphatic rings. The molecule has 0 radical (unpaired) electrons. The first-order valence-corrected chi connectivity index (χ1v) is 13.6. The lowest BCUT2D eigenvalue weighted by Crippen LogP contribution is -2.42. The number of aryl methyl sites for hydroxylation is 1. The van der Waals surface area contributed by atoms with Crippen LogP contribution >= 0.6 is 11.6 Å². The van der Waals surface area contributed by atoms with Crippen LogP contribution < -0.4 is 20.9 Å². The van der Waals surface area contributed by atoms with E-state index >= 15 is 0 Å². The lowest BCUT2D eigenvalue weighted by molar-refractivity contribution is 0.441. The second kappa shape index (κ2) is 11.6. The van der Waals surface area contributed by atoms with Crippen LogP contribution in [-0.4, -0.2) is 54.0 Å². The molecule has 0 bridgehead atoms. The van der Waals surface area contributed by atoms with Crippen LogP contribution in [0.15, 0.2) is 41.8 Å². The van der Waals surface area contributed by atoms with Crippen LogP contribution in [0.25, 0.3) is 11.1 Å². The van der Waals surface area contributed by atoms with Gasteiger partial charge in [-0.25, -0.2) is 19.3 Å². The van der Waals surface area contributed by atoms with Gasteiger partial charge in [0.15, 0.2) is 17.5 Å². The molecule has 1 saturated heterocycles. The molecule has 3 N–H and O–H groups in total. The number of piperidine rings is 1. The second-order valence-corrected chi connectivity index (χ2v) is 10.3. The molecule has 0 amide bonds. The van der Waals surface area contributed by atoms with Crippen LogP contribution in [0.5, 0.6) is 0 Å². The van der Waals surface area contributed by atoms with Crippen molar-refractivity contribution in [1.82, 2.24) is 25.6 Å². The monoisotopic (exact) mass is 536 g/mol. The van der Waals surface area contributed by atoms with Crippen molar-refractivity contribution in [2.45, 2.75) is 50.7 Å². The minimum absolute atomic E-state index is 0.180. The zero-order chi connectivity index (χ0) is 26.6. The van der Waals surface area contributed by atoms with Crippen molar-refractivity contribution in [3.05, 3.63) is 65.3 Å². The number of allylic oxidation sites excluding steroid dienone is 3. The van der Waals surface area contributed by atoms with Gasteiger partial charge in [-0.1, -0.05) is 0 Å². The summed E-state index contributed by atoms with van der Waals surface area (Å²) in [7, 11) is 2.11. The molecule has 1 aliphatic carbocycles. The van der Waals surface area contributed by atoms with Crippen molar-refractivity contribution >= 4 is 41.1 Å². The molecule has 8 nitrogen and oxygen atoms in total. The number of hydrogen-bond donors (Lipinski definition) is 3. The lowest BCUT2D eigenvalue weighted by Gasteiger charge is -2.34. The predicted molar refractivity (Wildman–Crippen MR) is 153 cm³/mol. The van der Waals surface area contributed by atoms with Gasteiger partial charge in [0.05, 0.1) is 11.6 Å². The average molecular weight is 537 g/mol. The minimum atomic E-state index is -0.401. The summed E-state index contributed by atoms with van der Waals surface area (Å²) in [6.45, 7) is 7.47. The summed E-state index contributed by atoms with van der Waals surface area (Å²) in [6.07, 6.45) is 13.0. The molecule has 1 atom stereocenters. The summed E-state index contributed by atoms with van der Waals surface area (Å²) in [5.74, 6) is 1.88. The quantitative estimate of drug-likeness (QED) is 0.318. The van der Waals surface area contributed by atoms with E-state index in [1.807, 2.05) is 31.5 Å². The Hall–Kier alpha value is -3.30. The number of halogens is 2. The van der Waals surface area contributed by atoms with Crippen molar-refractivity contribution in [2.75, 3.05) is 30.4 Å². The summed E-state index contributed by atoms with van der Waals surface area (Å²) in [4.78, 5) is 20.7. The summed E-state index contributed by atoms with van der Waals surface area (Å²) >= 11 is 6.54. The maximum absolute atomic E-state index is 14.4. The van der Waals surface area contributed by atoms with Crippen LogP contribution in [0.3, 0.4) is 0 Å². The van der Waals surface area contributed by atoms with Crippen LogP contribution in [0.1, 0.15) is 48.3 Å². The molecule has 38 heavy (non-hydrogen) atoms. The molecule has 2 fully saturated rings. The van der Waals surface area contributed by atoms with Crippen molar-refractivity contribution in [1.29, 1.82) is 0 Å².